The molecule has 1 unspecified atom stereocenters. The van der Waals surface area contributed by atoms with Crippen LogP contribution in [-0.4, -0.2) is 85.2 Å². The van der Waals surface area contributed by atoms with Gasteiger partial charge in [-0.05, 0) is 27.2 Å². The van der Waals surface area contributed by atoms with Crippen molar-refractivity contribution >= 4 is 0 Å². The number of nitrogens with one attached hydrogen (secondary N) is 1. The molecule has 0 spiro atoms. The van der Waals surface area contributed by atoms with Crippen LogP contribution in [0, 0.1) is 0 Å². The molecular formula is C16H34N4. The minimum absolute atomic E-state index is 0.306. The van der Waals surface area contributed by atoms with Gasteiger partial charge in [0, 0.05) is 70.5 Å². The molecule has 0 bridgehead atoms. The molecule has 0 aromatic rings. The van der Waals surface area contributed by atoms with E-state index in [1.165, 1.54) is 52.2 Å². The topological polar surface area (TPSA) is 21.8 Å². The molecule has 2 rings (SSSR count). The molecule has 20 heavy (non-hydrogen) atoms. The average Bonchev–Trinajstić information content (AvgIpc) is 2.48. The molecule has 0 aromatic heterocycles. The van der Waals surface area contributed by atoms with Crippen molar-refractivity contribution < 1.29 is 0 Å². The molecule has 2 fully saturated rings. The lowest BCUT2D eigenvalue weighted by atomic mass is 10.00. The highest BCUT2D eigenvalue weighted by molar-refractivity contribution is 4.89. The lowest BCUT2D eigenvalue weighted by molar-refractivity contribution is 0.0335. The van der Waals surface area contributed by atoms with E-state index in [4.69, 9.17) is 0 Å². The van der Waals surface area contributed by atoms with E-state index in [1.54, 1.807) is 0 Å². The summed E-state index contributed by atoms with van der Waals surface area (Å²) in [6.45, 7) is 20.3. The summed E-state index contributed by atoms with van der Waals surface area (Å²) in [5, 5.41) is 3.45. The molecule has 0 amide bonds. The molecule has 0 saturated carbocycles. The Labute approximate surface area is 125 Å². The first kappa shape index (κ1) is 16.2. The molecular weight excluding hydrogens is 248 g/mol. The third-order valence-electron chi connectivity index (χ3n) is 5.20. The second-order valence-electron chi connectivity index (χ2n) is 7.12. The van der Waals surface area contributed by atoms with Crippen molar-refractivity contribution in [3.8, 4) is 0 Å². The van der Waals surface area contributed by atoms with Crippen LogP contribution in [0.1, 0.15) is 34.1 Å². The summed E-state index contributed by atoms with van der Waals surface area (Å²) < 4.78 is 0. The van der Waals surface area contributed by atoms with Crippen molar-refractivity contribution in [1.29, 1.82) is 0 Å². The van der Waals surface area contributed by atoms with Crippen molar-refractivity contribution in [2.24, 2.45) is 0 Å². The van der Waals surface area contributed by atoms with Crippen molar-refractivity contribution in [3.63, 3.8) is 0 Å². The maximum absolute atomic E-state index is 3.45. The molecule has 2 heterocycles. The Morgan fingerprint density at radius 3 is 2.15 bits per heavy atom. The smallest absolute Gasteiger partial charge is 0.0281 e. The normalized spacial score (nSPS) is 25.8. The van der Waals surface area contributed by atoms with Gasteiger partial charge in [0.05, 0.1) is 0 Å². The van der Waals surface area contributed by atoms with Crippen LogP contribution in [0.5, 0.6) is 0 Å². The van der Waals surface area contributed by atoms with E-state index in [1.807, 2.05) is 0 Å². The van der Waals surface area contributed by atoms with Gasteiger partial charge in [0.15, 0.2) is 0 Å². The van der Waals surface area contributed by atoms with Crippen LogP contribution < -0.4 is 5.32 Å². The summed E-state index contributed by atoms with van der Waals surface area (Å²) in [5.74, 6) is 0. The number of nitrogens with zero attached hydrogens (tertiary/aromatic N) is 3. The van der Waals surface area contributed by atoms with E-state index >= 15 is 0 Å². The Kier molecular flexibility index (Phi) is 5.84. The van der Waals surface area contributed by atoms with Crippen LogP contribution >= 0.6 is 0 Å². The molecule has 4 nitrogen and oxygen atoms in total. The first-order valence-electron chi connectivity index (χ1n) is 8.45. The van der Waals surface area contributed by atoms with Crippen LogP contribution in [-0.2, 0) is 0 Å². The quantitative estimate of drug-likeness (QED) is 0.815. The monoisotopic (exact) mass is 282 g/mol. The predicted molar refractivity (Wildman–Crippen MR) is 86.3 cm³/mol. The predicted octanol–water partition coefficient (Wildman–Crippen LogP) is 1.09. The van der Waals surface area contributed by atoms with Crippen LogP contribution in [0.25, 0.3) is 0 Å². The molecule has 0 aliphatic carbocycles. The van der Waals surface area contributed by atoms with Gasteiger partial charge in [0.25, 0.3) is 0 Å². The maximum Gasteiger partial charge on any atom is 0.0281 e. The standard InChI is InChI=1S/C16H34N4/c1-5-15(2)19-12-10-18(11-13-19)14-16(3,4)20-8-6-17-7-9-20/h15,17H,5-14H2,1-4H3. The summed E-state index contributed by atoms with van der Waals surface area (Å²) in [5.41, 5.74) is 0.306. The largest absolute Gasteiger partial charge is 0.314 e. The van der Waals surface area contributed by atoms with Gasteiger partial charge in [-0.25, -0.2) is 0 Å². The molecule has 118 valence electrons. The summed E-state index contributed by atoms with van der Waals surface area (Å²) >= 11 is 0. The van der Waals surface area contributed by atoms with Gasteiger partial charge in [-0.1, -0.05) is 6.92 Å². The van der Waals surface area contributed by atoms with Gasteiger partial charge in [0.2, 0.25) is 0 Å². The second kappa shape index (κ2) is 7.21. The number of hydrogen-bond donors (Lipinski definition) is 1. The summed E-state index contributed by atoms with van der Waals surface area (Å²) in [6.07, 6.45) is 1.27. The van der Waals surface area contributed by atoms with Crippen LogP contribution in [0.4, 0.5) is 0 Å². The fourth-order valence-electron chi connectivity index (χ4n) is 3.54. The van der Waals surface area contributed by atoms with Crippen molar-refractivity contribution in [2.45, 2.75) is 45.7 Å². The Bertz CT molecular complexity index is 278. The molecule has 2 saturated heterocycles. The first-order valence-corrected chi connectivity index (χ1v) is 8.45. The van der Waals surface area contributed by atoms with E-state index in [0.29, 0.717) is 5.54 Å². The Morgan fingerprint density at radius 2 is 1.60 bits per heavy atom. The highest BCUT2D eigenvalue weighted by Gasteiger charge is 2.31. The van der Waals surface area contributed by atoms with Gasteiger partial charge in [-0.3, -0.25) is 14.7 Å². The average molecular weight is 282 g/mol. The zero-order valence-electron chi connectivity index (χ0n) is 14.0. The fraction of sp³-hybridized carbons (Fsp3) is 1.00. The minimum Gasteiger partial charge on any atom is -0.314 e. The minimum atomic E-state index is 0.306. The molecule has 2 aliphatic rings. The van der Waals surface area contributed by atoms with Gasteiger partial charge in [-0.2, -0.15) is 0 Å². The van der Waals surface area contributed by atoms with Gasteiger partial charge >= 0.3 is 0 Å². The van der Waals surface area contributed by atoms with E-state index in [9.17, 15) is 0 Å². The van der Waals surface area contributed by atoms with E-state index in [0.717, 1.165) is 19.1 Å². The van der Waals surface area contributed by atoms with E-state index in [2.05, 4.69) is 47.7 Å². The highest BCUT2D eigenvalue weighted by atomic mass is 15.3. The lowest BCUT2D eigenvalue weighted by Gasteiger charge is -2.46. The summed E-state index contributed by atoms with van der Waals surface area (Å²) in [6, 6.07) is 0.748. The lowest BCUT2D eigenvalue weighted by Crippen LogP contribution is -2.60. The van der Waals surface area contributed by atoms with Crippen molar-refractivity contribution in [2.75, 3.05) is 58.9 Å². The first-order chi connectivity index (χ1) is 9.53. The third-order valence-corrected chi connectivity index (χ3v) is 5.20. The van der Waals surface area contributed by atoms with E-state index in [-0.39, 0.29) is 0 Å². The number of rotatable bonds is 5. The highest BCUT2D eigenvalue weighted by Crippen LogP contribution is 2.18. The molecule has 0 radical (unpaired) electrons. The molecule has 4 heteroatoms. The summed E-state index contributed by atoms with van der Waals surface area (Å²) in [7, 11) is 0. The zero-order valence-corrected chi connectivity index (χ0v) is 14.0. The SMILES string of the molecule is CCC(C)N1CCN(CC(C)(C)N2CCNCC2)CC1. The Hall–Kier alpha value is -0.160. The van der Waals surface area contributed by atoms with Crippen molar-refractivity contribution in [3.05, 3.63) is 0 Å². The van der Waals surface area contributed by atoms with Crippen molar-refractivity contribution in [1.82, 2.24) is 20.0 Å². The van der Waals surface area contributed by atoms with Crippen LogP contribution in [0.3, 0.4) is 0 Å². The van der Waals surface area contributed by atoms with Crippen LogP contribution in [0.2, 0.25) is 0 Å². The molecule has 1 N–H and O–H groups in total. The molecule has 2 aliphatic heterocycles. The maximum atomic E-state index is 3.45. The fourth-order valence-corrected chi connectivity index (χ4v) is 3.54. The Balaban J connectivity index is 1.79. The number of hydrogen-bond acceptors (Lipinski definition) is 4. The summed E-state index contributed by atoms with van der Waals surface area (Å²) in [4.78, 5) is 7.97. The third kappa shape index (κ3) is 4.17. The molecule has 0 aromatic carbocycles. The zero-order chi connectivity index (χ0) is 14.6. The number of piperazine rings is 2. The van der Waals surface area contributed by atoms with Gasteiger partial charge in [0.1, 0.15) is 0 Å². The second-order valence-corrected chi connectivity index (χ2v) is 7.12. The van der Waals surface area contributed by atoms with Crippen LogP contribution in [0.15, 0.2) is 0 Å². The molecule has 1 atom stereocenters. The van der Waals surface area contributed by atoms with Gasteiger partial charge < -0.3 is 5.32 Å². The Morgan fingerprint density at radius 1 is 1.00 bits per heavy atom. The van der Waals surface area contributed by atoms with Gasteiger partial charge in [-0.15, -0.1) is 0 Å². The van der Waals surface area contributed by atoms with E-state index < -0.39 is 0 Å².